The van der Waals surface area contributed by atoms with Crippen LogP contribution in [0.4, 0.5) is 4.39 Å². The van der Waals surface area contributed by atoms with Crippen molar-refractivity contribution in [2.45, 2.75) is 64.7 Å². The molecule has 0 radical (unpaired) electrons. The first-order valence-corrected chi connectivity index (χ1v) is 9.60. The number of carbonyl (C=O) groups is 1. The number of amides is 1. The Labute approximate surface area is 159 Å². The van der Waals surface area contributed by atoms with Crippen molar-refractivity contribution in [3.8, 4) is 0 Å². The number of halogens is 1. The molecular weight excluding hydrogens is 345 g/mol. The van der Waals surface area contributed by atoms with Gasteiger partial charge in [0.05, 0.1) is 0 Å². The van der Waals surface area contributed by atoms with E-state index in [1.165, 1.54) is 6.07 Å². The van der Waals surface area contributed by atoms with E-state index in [4.69, 9.17) is 4.52 Å². The molecule has 0 saturated heterocycles. The van der Waals surface area contributed by atoms with E-state index in [0.717, 1.165) is 18.4 Å². The summed E-state index contributed by atoms with van der Waals surface area (Å²) in [6.45, 7) is 8.28. The van der Waals surface area contributed by atoms with E-state index >= 15 is 0 Å². The van der Waals surface area contributed by atoms with Crippen molar-refractivity contribution in [3.63, 3.8) is 0 Å². The molecule has 6 heteroatoms. The fourth-order valence-electron chi connectivity index (χ4n) is 3.20. The quantitative estimate of drug-likeness (QED) is 0.795. The van der Waals surface area contributed by atoms with Gasteiger partial charge in [-0.25, -0.2) is 4.39 Å². The Hall–Kier alpha value is -2.24. The van der Waals surface area contributed by atoms with Crippen molar-refractivity contribution >= 4 is 5.91 Å². The van der Waals surface area contributed by atoms with Gasteiger partial charge in [-0.05, 0) is 48.8 Å². The molecule has 1 unspecified atom stereocenters. The zero-order chi connectivity index (χ0) is 19.6. The summed E-state index contributed by atoms with van der Waals surface area (Å²) in [5.41, 5.74) is 1.50. The Balaban J connectivity index is 1.53. The van der Waals surface area contributed by atoms with Gasteiger partial charge in [-0.2, -0.15) is 4.98 Å². The fraction of sp³-hybridized carbons (Fsp3) is 0.571. The van der Waals surface area contributed by atoms with Crippen LogP contribution in [0.15, 0.2) is 22.7 Å². The monoisotopic (exact) mass is 373 g/mol. The summed E-state index contributed by atoms with van der Waals surface area (Å²) in [6.07, 6.45) is 3.23. The van der Waals surface area contributed by atoms with E-state index < -0.39 is 0 Å². The molecule has 1 aromatic heterocycles. The maximum atomic E-state index is 13.5. The number of benzene rings is 1. The van der Waals surface area contributed by atoms with Crippen LogP contribution in [0.2, 0.25) is 0 Å². The summed E-state index contributed by atoms with van der Waals surface area (Å²) in [6, 6.07) is 5.19. The van der Waals surface area contributed by atoms with E-state index in [1.807, 2.05) is 32.9 Å². The second-order valence-electron chi connectivity index (χ2n) is 8.52. The third-order valence-electron chi connectivity index (χ3n) is 4.99. The van der Waals surface area contributed by atoms with E-state index in [1.54, 1.807) is 6.92 Å². The van der Waals surface area contributed by atoms with Gasteiger partial charge in [-0.15, -0.1) is 0 Å². The van der Waals surface area contributed by atoms with Crippen LogP contribution in [-0.2, 0) is 16.6 Å². The predicted molar refractivity (Wildman–Crippen MR) is 101 cm³/mol. The molecule has 1 heterocycles. The first-order chi connectivity index (χ1) is 12.7. The predicted octanol–water partition coefficient (Wildman–Crippen LogP) is 4.06. The van der Waals surface area contributed by atoms with Gasteiger partial charge < -0.3 is 9.84 Å². The molecule has 1 amide bonds. The van der Waals surface area contributed by atoms with Crippen LogP contribution in [0.25, 0.3) is 0 Å². The van der Waals surface area contributed by atoms with Crippen molar-refractivity contribution in [1.82, 2.24) is 15.5 Å². The van der Waals surface area contributed by atoms with Gasteiger partial charge in [0, 0.05) is 24.8 Å². The number of nitrogens with one attached hydrogen (secondary N) is 1. The lowest BCUT2D eigenvalue weighted by atomic mass is 9.89. The number of hydrogen-bond donors (Lipinski definition) is 1. The summed E-state index contributed by atoms with van der Waals surface area (Å²) < 4.78 is 18.8. The highest BCUT2D eigenvalue weighted by Crippen LogP contribution is 2.44. The highest BCUT2D eigenvalue weighted by atomic mass is 19.1. The minimum atomic E-state index is -0.201. The van der Waals surface area contributed by atoms with Crippen molar-refractivity contribution in [2.24, 2.45) is 5.92 Å². The highest BCUT2D eigenvalue weighted by molar-refractivity contribution is 5.77. The SMILES string of the molecule is Cc1cc(C(CC(=O)NCCc2noc(C(C)(C)C)n2)C2CC2)ccc1F. The van der Waals surface area contributed by atoms with Gasteiger partial charge in [-0.1, -0.05) is 38.1 Å². The standard InChI is InChI=1S/C21H28FN3O2/c1-13-11-15(7-8-17(13)22)16(14-5-6-14)12-19(26)23-10-9-18-24-20(27-25-18)21(2,3)4/h7-8,11,14,16H,5-6,9-10,12H2,1-4H3,(H,23,26). The Morgan fingerprint density at radius 2 is 2.11 bits per heavy atom. The number of rotatable bonds is 7. The summed E-state index contributed by atoms with van der Waals surface area (Å²) in [4.78, 5) is 16.8. The van der Waals surface area contributed by atoms with Gasteiger partial charge in [0.15, 0.2) is 5.82 Å². The average Bonchev–Trinajstić information content (AvgIpc) is 3.32. The Bertz CT molecular complexity index is 806. The summed E-state index contributed by atoms with van der Waals surface area (Å²) in [5.74, 6) is 1.69. The molecule has 1 aliphatic carbocycles. The lowest BCUT2D eigenvalue weighted by Crippen LogP contribution is -2.28. The first kappa shape index (κ1) is 19.5. The Morgan fingerprint density at radius 1 is 1.37 bits per heavy atom. The molecule has 1 aliphatic rings. The van der Waals surface area contributed by atoms with Crippen LogP contribution >= 0.6 is 0 Å². The maximum absolute atomic E-state index is 13.5. The molecule has 3 rings (SSSR count). The number of hydrogen-bond acceptors (Lipinski definition) is 4. The molecule has 27 heavy (non-hydrogen) atoms. The normalized spacial score (nSPS) is 15.6. The van der Waals surface area contributed by atoms with Gasteiger partial charge in [0.1, 0.15) is 5.82 Å². The van der Waals surface area contributed by atoms with E-state index in [-0.39, 0.29) is 23.1 Å². The number of aryl methyl sites for hydroxylation is 1. The van der Waals surface area contributed by atoms with Crippen LogP contribution in [0.1, 0.15) is 68.8 Å². The van der Waals surface area contributed by atoms with Gasteiger partial charge >= 0.3 is 0 Å². The maximum Gasteiger partial charge on any atom is 0.232 e. The fourth-order valence-corrected chi connectivity index (χ4v) is 3.20. The second-order valence-corrected chi connectivity index (χ2v) is 8.52. The smallest absolute Gasteiger partial charge is 0.232 e. The van der Waals surface area contributed by atoms with Crippen molar-refractivity contribution in [3.05, 3.63) is 46.9 Å². The topological polar surface area (TPSA) is 68.0 Å². The summed E-state index contributed by atoms with van der Waals surface area (Å²) >= 11 is 0. The summed E-state index contributed by atoms with van der Waals surface area (Å²) in [5, 5.41) is 6.92. The zero-order valence-electron chi connectivity index (χ0n) is 16.5. The zero-order valence-corrected chi connectivity index (χ0v) is 16.5. The first-order valence-electron chi connectivity index (χ1n) is 9.60. The second kappa shape index (κ2) is 7.79. The molecule has 0 spiro atoms. The summed E-state index contributed by atoms with van der Waals surface area (Å²) in [7, 11) is 0. The lowest BCUT2D eigenvalue weighted by molar-refractivity contribution is -0.121. The molecule has 2 aromatic rings. The molecule has 1 aromatic carbocycles. The number of aromatic nitrogens is 2. The third-order valence-corrected chi connectivity index (χ3v) is 4.99. The third kappa shape index (κ3) is 5.15. The molecule has 1 saturated carbocycles. The van der Waals surface area contributed by atoms with Crippen LogP contribution in [-0.4, -0.2) is 22.6 Å². The van der Waals surface area contributed by atoms with Crippen molar-refractivity contribution in [1.29, 1.82) is 0 Å². The average molecular weight is 373 g/mol. The number of carbonyl (C=O) groups excluding carboxylic acids is 1. The highest BCUT2D eigenvalue weighted by Gasteiger charge is 2.33. The van der Waals surface area contributed by atoms with Crippen molar-refractivity contribution < 1.29 is 13.7 Å². The molecule has 0 aliphatic heterocycles. The van der Waals surface area contributed by atoms with E-state index in [9.17, 15) is 9.18 Å². The van der Waals surface area contributed by atoms with Gasteiger partial charge in [0.25, 0.3) is 0 Å². The van der Waals surface area contributed by atoms with Crippen LogP contribution < -0.4 is 5.32 Å². The van der Waals surface area contributed by atoms with E-state index in [2.05, 4.69) is 15.5 Å². The molecule has 0 bridgehead atoms. The minimum absolute atomic E-state index is 0.00779. The van der Waals surface area contributed by atoms with Crippen molar-refractivity contribution in [2.75, 3.05) is 6.54 Å². The van der Waals surface area contributed by atoms with Gasteiger partial charge in [0.2, 0.25) is 11.8 Å². The molecule has 1 N–H and O–H groups in total. The number of nitrogens with zero attached hydrogens (tertiary/aromatic N) is 2. The largest absolute Gasteiger partial charge is 0.356 e. The van der Waals surface area contributed by atoms with Gasteiger partial charge in [-0.3, -0.25) is 4.79 Å². The minimum Gasteiger partial charge on any atom is -0.356 e. The van der Waals surface area contributed by atoms with Crippen LogP contribution in [0.5, 0.6) is 0 Å². The molecule has 1 fully saturated rings. The molecule has 1 atom stereocenters. The van der Waals surface area contributed by atoms with Crippen LogP contribution in [0, 0.1) is 18.7 Å². The Kier molecular flexibility index (Phi) is 5.63. The Morgan fingerprint density at radius 3 is 2.70 bits per heavy atom. The van der Waals surface area contributed by atoms with Crippen LogP contribution in [0.3, 0.4) is 0 Å². The molecular formula is C21H28FN3O2. The lowest BCUT2D eigenvalue weighted by Gasteiger charge is -2.17. The van der Waals surface area contributed by atoms with E-state index in [0.29, 0.717) is 42.6 Å². The molecule has 146 valence electrons. The molecule has 5 nitrogen and oxygen atoms in total.